The van der Waals surface area contributed by atoms with Crippen LogP contribution in [0, 0.1) is 0 Å². The minimum atomic E-state index is -4.88. The zero-order valence-electron chi connectivity index (χ0n) is 15.9. The summed E-state index contributed by atoms with van der Waals surface area (Å²) in [4.78, 5) is 24.9. The number of carboxylic acid groups (broad SMARTS) is 1. The van der Waals surface area contributed by atoms with Crippen LogP contribution in [0.2, 0.25) is 5.02 Å². The highest BCUT2D eigenvalue weighted by Gasteiger charge is 2.36. The van der Waals surface area contributed by atoms with Crippen LogP contribution in [0.4, 0.5) is 23.7 Å². The van der Waals surface area contributed by atoms with Crippen molar-refractivity contribution in [3.8, 4) is 16.9 Å². The number of para-hydroxylation sites is 1. The Morgan fingerprint density at radius 2 is 1.87 bits per heavy atom. The van der Waals surface area contributed by atoms with Crippen LogP contribution < -0.4 is 10.1 Å². The quantitative estimate of drug-likeness (QED) is 0.632. The van der Waals surface area contributed by atoms with Crippen LogP contribution in [0.25, 0.3) is 11.1 Å². The highest BCUT2D eigenvalue weighted by atomic mass is 35.5. The van der Waals surface area contributed by atoms with Crippen molar-refractivity contribution in [1.29, 1.82) is 0 Å². The maximum atomic E-state index is 12.7. The topological polar surface area (TPSA) is 99.1 Å². The molecule has 1 aliphatic heterocycles. The average molecular weight is 459 g/mol. The number of anilines is 1. The first-order valence-electron chi connectivity index (χ1n) is 9.18. The Morgan fingerprint density at radius 1 is 1.16 bits per heavy atom. The second-order valence-corrected chi connectivity index (χ2v) is 7.31. The number of amides is 2. The van der Waals surface area contributed by atoms with Crippen molar-refractivity contribution in [1.82, 2.24) is 4.90 Å². The first kappa shape index (κ1) is 22.7. The molecule has 3 N–H and O–H groups in total. The molecule has 0 radical (unpaired) electrons. The zero-order chi connectivity index (χ0) is 22.8. The Morgan fingerprint density at radius 3 is 2.52 bits per heavy atom. The number of alkyl halides is 3. The number of carbonyl (C=O) groups is 2. The van der Waals surface area contributed by atoms with Crippen molar-refractivity contribution in [2.24, 2.45) is 0 Å². The number of piperidine rings is 1. The van der Waals surface area contributed by atoms with E-state index in [1.54, 1.807) is 0 Å². The van der Waals surface area contributed by atoms with Gasteiger partial charge in [-0.05, 0) is 24.6 Å². The molecule has 0 spiro atoms. The number of nitrogens with zero attached hydrogens (tertiary/aromatic N) is 1. The number of hydrogen-bond acceptors (Lipinski definition) is 4. The molecular formula is C20H18ClF3N2O5. The van der Waals surface area contributed by atoms with E-state index < -0.39 is 36.3 Å². The number of likely N-dealkylation sites (tertiary alicyclic amines) is 1. The van der Waals surface area contributed by atoms with Crippen LogP contribution in [-0.2, 0) is 4.79 Å². The molecule has 0 saturated carbocycles. The summed E-state index contributed by atoms with van der Waals surface area (Å²) in [5.41, 5.74) is 0.577. The molecule has 0 aromatic heterocycles. The minimum Gasteiger partial charge on any atom is -0.465 e. The van der Waals surface area contributed by atoms with E-state index in [0.717, 1.165) is 11.0 Å². The first-order valence-corrected chi connectivity index (χ1v) is 9.56. The molecule has 1 fully saturated rings. The molecule has 31 heavy (non-hydrogen) atoms. The highest BCUT2D eigenvalue weighted by Crippen LogP contribution is 2.38. The van der Waals surface area contributed by atoms with Crippen molar-refractivity contribution < 1.29 is 37.7 Å². The average Bonchev–Trinajstić information content (AvgIpc) is 2.67. The van der Waals surface area contributed by atoms with Gasteiger partial charge in [0.05, 0.1) is 11.1 Å². The predicted octanol–water partition coefficient (Wildman–Crippen LogP) is 4.35. The normalized spacial score (nSPS) is 19.1. The summed E-state index contributed by atoms with van der Waals surface area (Å²) < 4.78 is 42.1. The predicted molar refractivity (Wildman–Crippen MR) is 106 cm³/mol. The van der Waals surface area contributed by atoms with Gasteiger partial charge in [-0.25, -0.2) is 4.79 Å². The molecule has 0 unspecified atom stereocenters. The second-order valence-electron chi connectivity index (χ2n) is 6.90. The van der Waals surface area contributed by atoms with Gasteiger partial charge < -0.3 is 20.3 Å². The van der Waals surface area contributed by atoms with Gasteiger partial charge in [0, 0.05) is 29.8 Å². The number of carbonyl (C=O) groups excluding carboxylic acids is 1. The molecule has 1 aliphatic rings. The van der Waals surface area contributed by atoms with Crippen LogP contribution in [0.1, 0.15) is 12.8 Å². The molecule has 11 heteroatoms. The fourth-order valence-corrected chi connectivity index (χ4v) is 3.65. The van der Waals surface area contributed by atoms with Crippen LogP contribution in [-0.4, -0.2) is 52.2 Å². The van der Waals surface area contributed by atoms with E-state index in [1.165, 1.54) is 36.4 Å². The van der Waals surface area contributed by atoms with Crippen LogP contribution in [0.5, 0.6) is 5.75 Å². The lowest BCUT2D eigenvalue weighted by atomic mass is 9.99. The van der Waals surface area contributed by atoms with E-state index in [-0.39, 0.29) is 41.2 Å². The lowest BCUT2D eigenvalue weighted by molar-refractivity contribution is -0.274. The fraction of sp³-hybridized carbons (Fsp3) is 0.300. The SMILES string of the molecule is O=C(Nc1ccc(-c2ccccc2OC(F)(F)F)c(Cl)c1)[C@H]1C[C@@H](O)CCN1C(=O)O. The third-order valence-corrected chi connectivity index (χ3v) is 5.08. The number of aliphatic hydroxyl groups is 1. The number of rotatable bonds is 4. The molecule has 3 rings (SSSR count). The lowest BCUT2D eigenvalue weighted by Crippen LogP contribution is -2.52. The summed E-state index contributed by atoms with van der Waals surface area (Å²) >= 11 is 6.25. The molecule has 0 aliphatic carbocycles. The monoisotopic (exact) mass is 458 g/mol. The molecule has 2 amide bonds. The van der Waals surface area contributed by atoms with Crippen LogP contribution in [0.15, 0.2) is 42.5 Å². The van der Waals surface area contributed by atoms with E-state index in [4.69, 9.17) is 11.6 Å². The zero-order valence-corrected chi connectivity index (χ0v) is 16.7. The van der Waals surface area contributed by atoms with E-state index in [2.05, 4.69) is 10.1 Å². The van der Waals surface area contributed by atoms with Crippen LogP contribution >= 0.6 is 11.6 Å². The van der Waals surface area contributed by atoms with E-state index in [1.807, 2.05) is 0 Å². The van der Waals surface area contributed by atoms with Gasteiger partial charge in [-0.3, -0.25) is 9.69 Å². The Labute approximate surface area is 180 Å². The van der Waals surface area contributed by atoms with E-state index >= 15 is 0 Å². The second kappa shape index (κ2) is 9.03. The smallest absolute Gasteiger partial charge is 0.465 e. The third-order valence-electron chi connectivity index (χ3n) is 4.76. The van der Waals surface area contributed by atoms with Crippen molar-refractivity contribution >= 4 is 29.3 Å². The van der Waals surface area contributed by atoms with Gasteiger partial charge in [0.1, 0.15) is 11.8 Å². The van der Waals surface area contributed by atoms with Gasteiger partial charge in [-0.1, -0.05) is 35.9 Å². The minimum absolute atomic E-state index is 0.0181. The maximum Gasteiger partial charge on any atom is 0.573 e. The van der Waals surface area contributed by atoms with Gasteiger partial charge in [-0.15, -0.1) is 13.2 Å². The van der Waals surface area contributed by atoms with Crippen LogP contribution in [0.3, 0.4) is 0 Å². The number of halogens is 4. The number of hydrogen-bond donors (Lipinski definition) is 3. The summed E-state index contributed by atoms with van der Waals surface area (Å²) in [7, 11) is 0. The summed E-state index contributed by atoms with van der Waals surface area (Å²) in [5, 5.41) is 21.7. The Bertz CT molecular complexity index is 986. The molecule has 166 valence electrons. The van der Waals surface area contributed by atoms with Gasteiger partial charge in [-0.2, -0.15) is 0 Å². The van der Waals surface area contributed by atoms with Crippen molar-refractivity contribution in [2.75, 3.05) is 11.9 Å². The Kier molecular flexibility index (Phi) is 6.61. The van der Waals surface area contributed by atoms with Crippen molar-refractivity contribution in [2.45, 2.75) is 31.3 Å². The molecular weight excluding hydrogens is 441 g/mol. The molecule has 1 heterocycles. The van der Waals surface area contributed by atoms with E-state index in [0.29, 0.717) is 0 Å². The largest absolute Gasteiger partial charge is 0.573 e. The lowest BCUT2D eigenvalue weighted by Gasteiger charge is -2.34. The van der Waals surface area contributed by atoms with Crippen molar-refractivity contribution in [3.05, 3.63) is 47.5 Å². The Hall–Kier alpha value is -2.98. The van der Waals surface area contributed by atoms with E-state index in [9.17, 15) is 33.0 Å². The molecule has 1 saturated heterocycles. The molecule has 2 aromatic rings. The number of nitrogens with one attached hydrogen (secondary N) is 1. The number of ether oxygens (including phenoxy) is 1. The highest BCUT2D eigenvalue weighted by molar-refractivity contribution is 6.33. The summed E-state index contributed by atoms with van der Waals surface area (Å²) in [6, 6.07) is 8.58. The number of aliphatic hydroxyl groups excluding tert-OH is 1. The molecule has 7 nitrogen and oxygen atoms in total. The molecule has 0 bridgehead atoms. The van der Waals surface area contributed by atoms with Crippen molar-refractivity contribution in [3.63, 3.8) is 0 Å². The maximum absolute atomic E-state index is 12.7. The van der Waals surface area contributed by atoms with Gasteiger partial charge in [0.2, 0.25) is 5.91 Å². The van der Waals surface area contributed by atoms with Gasteiger partial charge in [0.25, 0.3) is 0 Å². The standard InChI is InChI=1S/C20H18ClF3N2O5/c21-15-9-11(25-18(28)16-10-12(27)7-8-26(16)19(29)30)5-6-13(15)14-3-1-2-4-17(14)31-20(22,23)24/h1-6,9,12,16,27H,7-8,10H2,(H,25,28)(H,29,30)/t12-,16+/m0/s1. The summed E-state index contributed by atoms with van der Waals surface area (Å²) in [6.45, 7) is 0.0181. The van der Waals surface area contributed by atoms with Gasteiger partial charge >= 0.3 is 12.5 Å². The summed E-state index contributed by atoms with van der Waals surface area (Å²) in [5.74, 6) is -1.08. The number of benzene rings is 2. The van der Waals surface area contributed by atoms with Gasteiger partial charge in [0.15, 0.2) is 0 Å². The Balaban J connectivity index is 1.82. The summed E-state index contributed by atoms with van der Waals surface area (Å²) in [6.07, 6.45) is -6.77. The fourth-order valence-electron chi connectivity index (χ4n) is 3.36. The third kappa shape index (κ3) is 5.59. The molecule has 2 atom stereocenters. The molecule has 2 aromatic carbocycles. The first-order chi connectivity index (χ1) is 14.5.